The van der Waals surface area contributed by atoms with Crippen molar-refractivity contribution < 1.29 is 19.1 Å². The van der Waals surface area contributed by atoms with Gasteiger partial charge in [0.25, 0.3) is 0 Å². The van der Waals surface area contributed by atoms with Crippen LogP contribution in [0.1, 0.15) is 18.4 Å². The summed E-state index contributed by atoms with van der Waals surface area (Å²) < 4.78 is 10.5. The maximum absolute atomic E-state index is 12.7. The predicted molar refractivity (Wildman–Crippen MR) is 93.0 cm³/mol. The third-order valence-corrected chi connectivity index (χ3v) is 4.88. The minimum Gasteiger partial charge on any atom is -0.493 e. The lowest BCUT2D eigenvalue weighted by Crippen LogP contribution is -2.51. The first-order chi connectivity index (χ1) is 12.1. The number of nitrogens with one attached hydrogen (secondary N) is 1. The van der Waals surface area contributed by atoms with Crippen LogP contribution in [0, 0.1) is 0 Å². The summed E-state index contributed by atoms with van der Waals surface area (Å²) >= 11 is 0. The minimum atomic E-state index is -0.0146. The average Bonchev–Trinajstić information content (AvgIpc) is 3.07. The number of hydrogen-bond acceptors (Lipinski definition) is 4. The van der Waals surface area contributed by atoms with Crippen molar-refractivity contribution in [1.82, 2.24) is 15.1 Å². The Balaban J connectivity index is 1.63. The maximum atomic E-state index is 12.7. The zero-order valence-corrected chi connectivity index (χ0v) is 14.8. The molecule has 136 valence electrons. The summed E-state index contributed by atoms with van der Waals surface area (Å²) in [6, 6.07) is 5.64. The lowest BCUT2D eigenvalue weighted by atomic mass is 10.0. The van der Waals surface area contributed by atoms with Crippen LogP contribution in [0.3, 0.4) is 0 Å². The number of benzene rings is 1. The Bertz CT molecular complexity index is 649. The van der Waals surface area contributed by atoms with Gasteiger partial charge in [-0.1, -0.05) is 6.07 Å². The summed E-state index contributed by atoms with van der Waals surface area (Å²) in [6.07, 6.45) is 2.19. The monoisotopic (exact) mass is 347 g/mol. The fraction of sp³-hybridized carbons (Fsp3) is 0.556. The third-order valence-electron chi connectivity index (χ3n) is 4.88. The number of methoxy groups -OCH3 is 2. The number of hydrogen-bond donors (Lipinski definition) is 1. The van der Waals surface area contributed by atoms with Crippen molar-refractivity contribution in [3.63, 3.8) is 0 Å². The van der Waals surface area contributed by atoms with E-state index in [4.69, 9.17) is 9.47 Å². The van der Waals surface area contributed by atoms with E-state index in [9.17, 15) is 9.59 Å². The van der Waals surface area contributed by atoms with Gasteiger partial charge >= 0.3 is 6.03 Å². The molecule has 0 bridgehead atoms. The summed E-state index contributed by atoms with van der Waals surface area (Å²) in [6.45, 7) is 2.77. The van der Waals surface area contributed by atoms with Gasteiger partial charge in [-0.2, -0.15) is 0 Å². The molecule has 0 spiro atoms. The molecule has 1 unspecified atom stereocenters. The smallest absolute Gasteiger partial charge is 0.317 e. The zero-order chi connectivity index (χ0) is 17.8. The number of carbonyl (C=O) groups is 2. The van der Waals surface area contributed by atoms with E-state index in [0.29, 0.717) is 31.0 Å². The Morgan fingerprint density at radius 1 is 1.24 bits per heavy atom. The molecule has 0 aromatic heterocycles. The van der Waals surface area contributed by atoms with Crippen LogP contribution < -0.4 is 14.8 Å². The SMILES string of the molecule is COc1ccc(CC(=O)N2CCCC(N3CCNC3=O)C2)cc1OC. The van der Waals surface area contributed by atoms with Crippen molar-refractivity contribution in [2.45, 2.75) is 25.3 Å². The van der Waals surface area contributed by atoms with Crippen LogP contribution in [0.15, 0.2) is 18.2 Å². The fourth-order valence-corrected chi connectivity index (χ4v) is 3.55. The maximum Gasteiger partial charge on any atom is 0.317 e. The van der Waals surface area contributed by atoms with Crippen LogP contribution in [-0.2, 0) is 11.2 Å². The van der Waals surface area contributed by atoms with Gasteiger partial charge in [0.05, 0.1) is 26.7 Å². The third kappa shape index (κ3) is 3.81. The minimum absolute atomic E-state index is 0.0146. The molecule has 0 saturated carbocycles. The predicted octanol–water partition coefficient (Wildman–Crippen LogP) is 1.26. The molecule has 1 aromatic carbocycles. The Labute approximate surface area is 147 Å². The number of likely N-dealkylation sites (tertiary alicyclic amines) is 1. The van der Waals surface area contributed by atoms with Crippen molar-refractivity contribution in [2.75, 3.05) is 40.4 Å². The highest BCUT2D eigenvalue weighted by Crippen LogP contribution is 2.28. The van der Waals surface area contributed by atoms with E-state index in [1.165, 1.54) is 0 Å². The van der Waals surface area contributed by atoms with Crippen LogP contribution in [0.5, 0.6) is 11.5 Å². The molecule has 2 aliphatic heterocycles. The number of urea groups is 1. The molecule has 2 aliphatic rings. The van der Waals surface area contributed by atoms with Gasteiger partial charge in [0.1, 0.15) is 0 Å². The second-order valence-electron chi connectivity index (χ2n) is 6.43. The van der Waals surface area contributed by atoms with E-state index < -0.39 is 0 Å². The summed E-state index contributed by atoms with van der Waals surface area (Å²) in [5.74, 6) is 1.35. The van der Waals surface area contributed by atoms with Crippen molar-refractivity contribution >= 4 is 11.9 Å². The number of nitrogens with zero attached hydrogens (tertiary/aromatic N) is 2. The number of piperidine rings is 1. The number of carbonyl (C=O) groups excluding carboxylic acids is 2. The molecular weight excluding hydrogens is 322 g/mol. The molecule has 1 atom stereocenters. The molecule has 25 heavy (non-hydrogen) atoms. The van der Waals surface area contributed by atoms with E-state index in [1.54, 1.807) is 14.2 Å². The zero-order valence-electron chi connectivity index (χ0n) is 14.8. The van der Waals surface area contributed by atoms with E-state index in [1.807, 2.05) is 28.0 Å². The number of amides is 3. The van der Waals surface area contributed by atoms with Crippen molar-refractivity contribution in [3.05, 3.63) is 23.8 Å². The highest BCUT2D eigenvalue weighted by Gasteiger charge is 2.32. The first-order valence-corrected chi connectivity index (χ1v) is 8.65. The van der Waals surface area contributed by atoms with Gasteiger partial charge in [0.15, 0.2) is 11.5 Å². The average molecular weight is 347 g/mol. The summed E-state index contributed by atoms with van der Waals surface area (Å²) in [7, 11) is 3.17. The number of rotatable bonds is 5. The van der Waals surface area contributed by atoms with Crippen LogP contribution in [0.4, 0.5) is 4.79 Å². The number of ether oxygens (including phenoxy) is 2. The van der Waals surface area contributed by atoms with Crippen LogP contribution in [0.2, 0.25) is 0 Å². The lowest BCUT2D eigenvalue weighted by molar-refractivity contribution is -0.132. The molecule has 1 N–H and O–H groups in total. The van der Waals surface area contributed by atoms with E-state index in [2.05, 4.69) is 5.32 Å². The van der Waals surface area contributed by atoms with E-state index in [0.717, 1.165) is 31.5 Å². The Morgan fingerprint density at radius 2 is 2.04 bits per heavy atom. The second-order valence-corrected chi connectivity index (χ2v) is 6.43. The molecule has 2 fully saturated rings. The van der Waals surface area contributed by atoms with Crippen molar-refractivity contribution in [2.24, 2.45) is 0 Å². The molecule has 3 amide bonds. The first-order valence-electron chi connectivity index (χ1n) is 8.65. The first kappa shape index (κ1) is 17.4. The fourth-order valence-electron chi connectivity index (χ4n) is 3.55. The molecule has 0 aliphatic carbocycles. The van der Waals surface area contributed by atoms with Crippen molar-refractivity contribution in [1.29, 1.82) is 0 Å². The summed E-state index contributed by atoms with van der Waals surface area (Å²) in [4.78, 5) is 28.3. The van der Waals surface area contributed by atoms with Gasteiger partial charge in [-0.3, -0.25) is 4.79 Å². The molecule has 0 radical (unpaired) electrons. The molecule has 1 aromatic rings. The standard InChI is InChI=1S/C18H25N3O4/c1-24-15-6-5-13(10-16(15)25-2)11-17(22)20-8-3-4-14(12-20)21-9-7-19-18(21)23/h5-6,10,14H,3-4,7-9,11-12H2,1-2H3,(H,19,23). The molecule has 7 nitrogen and oxygen atoms in total. The van der Waals surface area contributed by atoms with Gasteiger partial charge in [-0.25, -0.2) is 4.79 Å². The normalized spacial score (nSPS) is 20.4. The molecule has 3 rings (SSSR count). The van der Waals surface area contributed by atoms with Crippen LogP contribution in [-0.4, -0.2) is 68.2 Å². The van der Waals surface area contributed by atoms with E-state index in [-0.39, 0.29) is 18.0 Å². The lowest BCUT2D eigenvalue weighted by Gasteiger charge is -2.37. The van der Waals surface area contributed by atoms with Gasteiger partial charge in [0, 0.05) is 26.2 Å². The van der Waals surface area contributed by atoms with Gasteiger partial charge < -0.3 is 24.6 Å². The molecule has 7 heteroatoms. The summed E-state index contributed by atoms with van der Waals surface area (Å²) in [5, 5.41) is 2.83. The van der Waals surface area contributed by atoms with Gasteiger partial charge in [-0.05, 0) is 30.5 Å². The largest absolute Gasteiger partial charge is 0.493 e. The Kier molecular flexibility index (Phi) is 5.31. The highest BCUT2D eigenvalue weighted by atomic mass is 16.5. The van der Waals surface area contributed by atoms with Crippen LogP contribution in [0.25, 0.3) is 0 Å². The van der Waals surface area contributed by atoms with Gasteiger partial charge in [0.2, 0.25) is 5.91 Å². The molecule has 2 saturated heterocycles. The summed E-state index contributed by atoms with van der Waals surface area (Å²) in [5.41, 5.74) is 0.892. The Hall–Kier alpha value is -2.44. The van der Waals surface area contributed by atoms with E-state index >= 15 is 0 Å². The molecule has 2 heterocycles. The van der Waals surface area contributed by atoms with Crippen molar-refractivity contribution in [3.8, 4) is 11.5 Å². The van der Waals surface area contributed by atoms with Gasteiger partial charge in [-0.15, -0.1) is 0 Å². The molecular formula is C18H25N3O4. The highest BCUT2D eigenvalue weighted by molar-refractivity contribution is 5.80. The quantitative estimate of drug-likeness (QED) is 0.871. The topological polar surface area (TPSA) is 71.1 Å². The van der Waals surface area contributed by atoms with Crippen LogP contribution >= 0.6 is 0 Å². The second kappa shape index (κ2) is 7.63. The Morgan fingerprint density at radius 3 is 2.72 bits per heavy atom.